The molecule has 1 saturated heterocycles. The van der Waals surface area contributed by atoms with Crippen molar-refractivity contribution in [1.82, 2.24) is 14.0 Å². The number of amides is 1. The fraction of sp³-hybridized carbons (Fsp3) is 0.500. The van der Waals surface area contributed by atoms with Crippen molar-refractivity contribution in [2.24, 2.45) is 0 Å². The van der Waals surface area contributed by atoms with E-state index in [0.29, 0.717) is 52.6 Å². The fourth-order valence-corrected chi connectivity index (χ4v) is 6.62. The van der Waals surface area contributed by atoms with Crippen LogP contribution in [0.4, 0.5) is 0 Å². The van der Waals surface area contributed by atoms with Gasteiger partial charge in [0.25, 0.3) is 11.5 Å². The smallest absolute Gasteiger partial charge is 0.333 e. The molecule has 5 rings (SSSR count). The molecule has 0 spiro atoms. The molecule has 2 fully saturated rings. The van der Waals surface area contributed by atoms with Gasteiger partial charge >= 0.3 is 11.7 Å². The van der Waals surface area contributed by atoms with Gasteiger partial charge in [0.2, 0.25) is 0 Å². The zero-order chi connectivity index (χ0) is 28.8. The Morgan fingerprint density at radius 2 is 1.88 bits per heavy atom. The van der Waals surface area contributed by atoms with Crippen LogP contribution in [-0.2, 0) is 26.4 Å². The van der Waals surface area contributed by atoms with E-state index >= 15 is 0 Å². The van der Waals surface area contributed by atoms with Crippen molar-refractivity contribution in [3.05, 3.63) is 61.1 Å². The monoisotopic (exact) mass is 571 g/mol. The van der Waals surface area contributed by atoms with Gasteiger partial charge in [0, 0.05) is 32.9 Å². The minimum Gasteiger partial charge on any atom is -0.496 e. The number of carboxylic acid groups (broad SMARTS) is 1. The number of methoxy groups -OCH3 is 1. The minimum atomic E-state index is -1.61. The third-order valence-corrected chi connectivity index (χ3v) is 9.02. The number of carbonyl (C=O) groups excluding carboxylic acids is 1. The number of rotatable bonds is 9. The van der Waals surface area contributed by atoms with Crippen LogP contribution in [0, 0.1) is 6.92 Å². The lowest BCUT2D eigenvalue weighted by Crippen LogP contribution is -2.49. The van der Waals surface area contributed by atoms with Gasteiger partial charge in [0.1, 0.15) is 22.2 Å². The van der Waals surface area contributed by atoms with Crippen molar-refractivity contribution in [1.29, 1.82) is 0 Å². The summed E-state index contributed by atoms with van der Waals surface area (Å²) in [4.78, 5) is 55.3. The summed E-state index contributed by atoms with van der Waals surface area (Å²) in [5.41, 5.74) is -1.90. The molecular formula is C28H33N3O8S. The van der Waals surface area contributed by atoms with E-state index in [0.717, 1.165) is 15.9 Å². The summed E-state index contributed by atoms with van der Waals surface area (Å²) < 4.78 is 20.0. The molecule has 1 saturated carbocycles. The van der Waals surface area contributed by atoms with Crippen molar-refractivity contribution < 1.29 is 28.9 Å². The lowest BCUT2D eigenvalue weighted by Gasteiger charge is -2.29. The number of para-hydroxylation sites is 1. The molecule has 1 aromatic carbocycles. The first kappa shape index (κ1) is 28.1. The predicted octanol–water partition coefficient (Wildman–Crippen LogP) is 2.75. The molecular weight excluding hydrogens is 538 g/mol. The Morgan fingerprint density at radius 3 is 2.48 bits per heavy atom. The van der Waals surface area contributed by atoms with E-state index in [1.807, 2.05) is 24.3 Å². The number of aryl methyl sites for hydroxylation is 1. The van der Waals surface area contributed by atoms with Crippen LogP contribution in [-0.4, -0.2) is 71.5 Å². The van der Waals surface area contributed by atoms with Crippen LogP contribution >= 0.6 is 11.3 Å². The molecule has 40 heavy (non-hydrogen) atoms. The molecule has 1 amide bonds. The number of carbonyl (C=O) groups is 2. The number of aromatic nitrogens is 2. The Kier molecular flexibility index (Phi) is 7.60. The zero-order valence-corrected chi connectivity index (χ0v) is 23.8. The lowest BCUT2D eigenvalue weighted by atomic mass is 10.1. The van der Waals surface area contributed by atoms with Gasteiger partial charge in [-0.15, -0.1) is 11.3 Å². The first-order valence-corrected chi connectivity index (χ1v) is 14.0. The molecule has 214 valence electrons. The maximum Gasteiger partial charge on any atom is 0.333 e. The van der Waals surface area contributed by atoms with Crippen molar-refractivity contribution >= 4 is 33.4 Å². The molecule has 1 N–H and O–H groups in total. The number of ether oxygens (including phenoxy) is 3. The van der Waals surface area contributed by atoms with E-state index in [9.17, 15) is 24.3 Å². The Balaban J connectivity index is 1.74. The summed E-state index contributed by atoms with van der Waals surface area (Å²) in [5.74, 6) is -0.954. The van der Waals surface area contributed by atoms with Crippen molar-refractivity contribution in [2.45, 2.75) is 56.9 Å². The van der Waals surface area contributed by atoms with Crippen LogP contribution in [0.25, 0.3) is 10.2 Å². The summed E-state index contributed by atoms with van der Waals surface area (Å²) >= 11 is 1.06. The Bertz CT molecular complexity index is 1580. The van der Waals surface area contributed by atoms with Gasteiger partial charge in [0.05, 0.1) is 30.0 Å². The van der Waals surface area contributed by atoms with Crippen LogP contribution in [0.5, 0.6) is 5.75 Å². The van der Waals surface area contributed by atoms with Gasteiger partial charge in [-0.2, -0.15) is 0 Å². The first-order valence-electron chi connectivity index (χ1n) is 13.2. The molecule has 1 aliphatic heterocycles. The maximum absolute atomic E-state index is 14.1. The minimum absolute atomic E-state index is 0.0153. The predicted molar refractivity (Wildman–Crippen MR) is 149 cm³/mol. The van der Waals surface area contributed by atoms with E-state index in [-0.39, 0.29) is 36.8 Å². The van der Waals surface area contributed by atoms with Crippen LogP contribution in [0.3, 0.4) is 0 Å². The van der Waals surface area contributed by atoms with E-state index in [1.54, 1.807) is 28.1 Å². The van der Waals surface area contributed by atoms with Crippen molar-refractivity contribution in [3.63, 3.8) is 0 Å². The molecule has 2 aliphatic rings. The zero-order valence-electron chi connectivity index (χ0n) is 23.0. The molecule has 12 heteroatoms. The number of fused-ring (bicyclic) bond motifs is 1. The van der Waals surface area contributed by atoms with E-state index in [4.69, 9.17) is 14.2 Å². The highest BCUT2D eigenvalue weighted by Gasteiger charge is 2.55. The van der Waals surface area contributed by atoms with Gasteiger partial charge in [-0.25, -0.2) is 14.2 Å². The summed E-state index contributed by atoms with van der Waals surface area (Å²) in [7, 11) is 4.78. The summed E-state index contributed by atoms with van der Waals surface area (Å²) in [6.45, 7) is 2.75. The summed E-state index contributed by atoms with van der Waals surface area (Å²) in [5, 5.41) is 10.2. The van der Waals surface area contributed by atoms with Gasteiger partial charge in [0.15, 0.2) is 0 Å². The SMILES string of the molecule is COc1ccccc1[C@H](Cn1c(=O)n(C2(C(=O)O)CC2)c(=O)c2c(C)c(C(=O)N(C)C)sc21)OC1CCOCC1. The molecule has 0 unspecified atom stereocenters. The highest BCUT2D eigenvalue weighted by atomic mass is 32.1. The van der Waals surface area contributed by atoms with E-state index in [1.165, 1.54) is 9.47 Å². The normalized spacial score (nSPS) is 17.5. The molecule has 0 radical (unpaired) electrons. The van der Waals surface area contributed by atoms with Crippen LogP contribution in [0.2, 0.25) is 0 Å². The maximum atomic E-state index is 14.1. The molecule has 3 aromatic rings. The number of hydrogen-bond donors (Lipinski definition) is 1. The number of thiophene rings is 1. The molecule has 2 aromatic heterocycles. The standard InChI is InChI=1S/C28H33N3O8S/c1-16-21-23(32)31(28(11-12-28)26(34)35)27(36)30(25(21)40-22(16)24(33)29(2)3)15-20(39-17-9-13-38-14-10-17)18-7-5-6-8-19(18)37-4/h5-8,17,20H,9-15H2,1-4H3,(H,34,35)/t20-/m0/s1. The number of hydrogen-bond acceptors (Lipinski definition) is 8. The highest BCUT2D eigenvalue weighted by molar-refractivity contribution is 7.20. The van der Waals surface area contributed by atoms with Crippen molar-refractivity contribution in [2.75, 3.05) is 34.4 Å². The average Bonchev–Trinajstić information content (AvgIpc) is 3.67. The second-order valence-corrected chi connectivity index (χ2v) is 11.5. The first-order chi connectivity index (χ1) is 19.1. The third-order valence-electron chi connectivity index (χ3n) is 7.72. The number of nitrogens with zero attached hydrogens (tertiary/aromatic N) is 3. The molecule has 1 atom stereocenters. The number of carboxylic acids is 1. The second-order valence-electron chi connectivity index (χ2n) is 10.5. The van der Waals surface area contributed by atoms with Gasteiger partial charge in [-0.1, -0.05) is 18.2 Å². The van der Waals surface area contributed by atoms with E-state index in [2.05, 4.69) is 0 Å². The number of aliphatic carboxylic acids is 1. The average molecular weight is 572 g/mol. The van der Waals surface area contributed by atoms with Gasteiger partial charge < -0.3 is 24.2 Å². The highest BCUT2D eigenvalue weighted by Crippen LogP contribution is 2.43. The molecule has 0 bridgehead atoms. The largest absolute Gasteiger partial charge is 0.496 e. The lowest BCUT2D eigenvalue weighted by molar-refractivity contribution is -0.142. The Hall–Kier alpha value is -3.48. The molecule has 3 heterocycles. The van der Waals surface area contributed by atoms with Gasteiger partial charge in [-0.05, 0) is 44.2 Å². The van der Waals surface area contributed by atoms with Crippen molar-refractivity contribution in [3.8, 4) is 5.75 Å². The summed E-state index contributed by atoms with van der Waals surface area (Å²) in [6.07, 6.45) is 0.898. The van der Waals surface area contributed by atoms with Crippen LogP contribution in [0.15, 0.2) is 33.9 Å². The molecule has 11 nitrogen and oxygen atoms in total. The fourth-order valence-electron chi connectivity index (χ4n) is 5.30. The molecule has 1 aliphatic carbocycles. The van der Waals surface area contributed by atoms with Crippen LogP contribution < -0.4 is 16.0 Å². The van der Waals surface area contributed by atoms with E-state index < -0.39 is 28.9 Å². The summed E-state index contributed by atoms with van der Waals surface area (Å²) in [6, 6.07) is 7.36. The second kappa shape index (κ2) is 10.8. The number of benzene rings is 1. The van der Waals surface area contributed by atoms with Gasteiger partial charge in [-0.3, -0.25) is 14.2 Å². The third kappa shape index (κ3) is 4.73. The Morgan fingerprint density at radius 1 is 1.20 bits per heavy atom. The quantitative estimate of drug-likeness (QED) is 0.415. The topological polar surface area (TPSA) is 129 Å². The Labute approximate surface area is 234 Å². The van der Waals surface area contributed by atoms with Crippen LogP contribution in [0.1, 0.15) is 52.6 Å².